The lowest BCUT2D eigenvalue weighted by molar-refractivity contribution is 0.0966. The number of carbonyl (C=O) groups excluding carboxylic acids is 1. The minimum atomic E-state index is -1.93. The van der Waals surface area contributed by atoms with Crippen LogP contribution in [-0.2, 0) is 0 Å². The minimum absolute atomic E-state index is 0.204. The highest BCUT2D eigenvalue weighted by molar-refractivity contribution is 7.80. The second kappa shape index (κ2) is 9.27. The van der Waals surface area contributed by atoms with Crippen molar-refractivity contribution in [3.8, 4) is 17.1 Å². The highest BCUT2D eigenvalue weighted by Crippen LogP contribution is 2.31. The molecule has 1 heterocycles. The van der Waals surface area contributed by atoms with Gasteiger partial charge in [0, 0.05) is 5.56 Å². The molecule has 1 aromatic heterocycles. The largest absolute Gasteiger partial charge is 0.491 e. The van der Waals surface area contributed by atoms with Crippen LogP contribution in [0.15, 0.2) is 42.5 Å². The Bertz CT molecular complexity index is 1400. The number of amides is 1. The predicted molar refractivity (Wildman–Crippen MR) is 123 cm³/mol. The maximum Gasteiger partial charge on any atom is 0.263 e. The van der Waals surface area contributed by atoms with Crippen LogP contribution < -0.4 is 15.4 Å². The quantitative estimate of drug-likeness (QED) is 0.191. The molecule has 0 aliphatic heterocycles. The number of nitrogens with one attached hydrogen (secondary N) is 3. The second-order valence-electron chi connectivity index (χ2n) is 6.87. The van der Waals surface area contributed by atoms with Crippen LogP contribution in [0.1, 0.15) is 10.4 Å². The summed E-state index contributed by atoms with van der Waals surface area (Å²) in [5, 5.41) is 4.36. The molecule has 6 nitrogen and oxygen atoms in total. The molecule has 0 aliphatic carbocycles. The van der Waals surface area contributed by atoms with E-state index in [1.165, 1.54) is 0 Å². The zero-order valence-corrected chi connectivity index (χ0v) is 18.7. The topological polar surface area (TPSA) is 79.0 Å². The molecule has 0 fully saturated rings. The van der Waals surface area contributed by atoms with Gasteiger partial charge in [-0.2, -0.15) is 8.78 Å². The van der Waals surface area contributed by atoms with Gasteiger partial charge in [-0.3, -0.25) is 10.1 Å². The summed E-state index contributed by atoms with van der Waals surface area (Å²) >= 11 is 11.2. The minimum Gasteiger partial charge on any atom is -0.491 e. The van der Waals surface area contributed by atoms with E-state index < -0.39 is 45.6 Å². The van der Waals surface area contributed by atoms with Gasteiger partial charge < -0.3 is 15.0 Å². The third kappa shape index (κ3) is 4.27. The van der Waals surface area contributed by atoms with Crippen LogP contribution in [0.25, 0.3) is 22.4 Å². The number of aromatic nitrogens is 2. The number of imidazole rings is 1. The summed E-state index contributed by atoms with van der Waals surface area (Å²) in [5.41, 5.74) is 0.911. The monoisotopic (exact) mass is 508 g/mol. The van der Waals surface area contributed by atoms with Crippen molar-refractivity contribution in [1.29, 1.82) is 0 Å². The molecule has 0 saturated carbocycles. The number of nitrogens with zero attached hydrogens (tertiary/aromatic N) is 1. The zero-order chi connectivity index (χ0) is 24.6. The molecule has 3 aromatic carbocycles. The summed E-state index contributed by atoms with van der Waals surface area (Å²) in [5.74, 6) is -9.84. The smallest absolute Gasteiger partial charge is 0.263 e. The lowest BCUT2D eigenvalue weighted by Gasteiger charge is -2.14. The van der Waals surface area contributed by atoms with Crippen LogP contribution in [-0.4, -0.2) is 28.1 Å². The summed E-state index contributed by atoms with van der Waals surface area (Å²) < 4.78 is 60.5. The van der Waals surface area contributed by atoms with E-state index >= 15 is 0 Å². The third-order valence-electron chi connectivity index (χ3n) is 4.76. The Morgan fingerprint density at radius 2 is 1.74 bits per heavy atom. The van der Waals surface area contributed by atoms with E-state index in [1.54, 1.807) is 18.2 Å². The molecule has 1 amide bonds. The Hall–Kier alpha value is -3.70. The number of H-pyrrole nitrogens is 1. The number of hydrogen-bond acceptors (Lipinski definition) is 4. The Morgan fingerprint density at radius 1 is 1.06 bits per heavy atom. The summed E-state index contributed by atoms with van der Waals surface area (Å²) in [4.78, 5) is 19.9. The number of thiocarbonyl (C=S) groups is 1. The van der Waals surface area contributed by atoms with Gasteiger partial charge in [0.1, 0.15) is 11.4 Å². The molecule has 4 aromatic rings. The molecule has 4 rings (SSSR count). The van der Waals surface area contributed by atoms with Crippen molar-refractivity contribution in [2.45, 2.75) is 0 Å². The lowest BCUT2D eigenvalue weighted by atomic mass is 10.1. The summed E-state index contributed by atoms with van der Waals surface area (Å²) in [6.07, 6.45) is 0. The standard InChI is InChI=1S/C22H13ClF4N4O2S/c1-33-19-17(26)15(24)14(16(25)18(19)27)21(32)31-22(34)30-13-8-9(6-7-10(13)23)20-28-11-4-2-3-5-12(11)29-20/h2-8H,1H3,(H,28,29)(H2,30,31,32,34). The van der Waals surface area contributed by atoms with Gasteiger partial charge in [0.05, 0.1) is 28.9 Å². The average molecular weight is 509 g/mol. The van der Waals surface area contributed by atoms with Gasteiger partial charge in [0.15, 0.2) is 22.5 Å². The predicted octanol–water partition coefficient (Wildman–Crippen LogP) is 5.58. The highest BCUT2D eigenvalue weighted by atomic mass is 35.5. The summed E-state index contributed by atoms with van der Waals surface area (Å²) in [7, 11) is 0.822. The SMILES string of the molecule is COc1c(F)c(F)c(C(=O)NC(=S)Nc2cc(-c3nc4ccccc4[nH]3)ccc2Cl)c(F)c1F. The van der Waals surface area contributed by atoms with Crippen molar-refractivity contribution in [2.24, 2.45) is 0 Å². The van der Waals surface area contributed by atoms with Crippen molar-refractivity contribution in [3.05, 3.63) is 76.3 Å². The van der Waals surface area contributed by atoms with Crippen molar-refractivity contribution >= 4 is 51.6 Å². The van der Waals surface area contributed by atoms with E-state index in [0.29, 0.717) is 11.4 Å². The van der Waals surface area contributed by atoms with E-state index in [2.05, 4.69) is 20.0 Å². The number of methoxy groups -OCH3 is 1. The molecular formula is C22H13ClF4N4O2S. The van der Waals surface area contributed by atoms with Gasteiger partial charge in [0.25, 0.3) is 5.91 Å². The van der Waals surface area contributed by atoms with Crippen LogP contribution in [0.4, 0.5) is 23.2 Å². The van der Waals surface area contributed by atoms with Gasteiger partial charge in [-0.05, 0) is 42.5 Å². The zero-order valence-electron chi connectivity index (χ0n) is 17.1. The Morgan fingerprint density at radius 3 is 2.38 bits per heavy atom. The van der Waals surface area contributed by atoms with Gasteiger partial charge in [0.2, 0.25) is 11.6 Å². The van der Waals surface area contributed by atoms with Crippen LogP contribution in [0.3, 0.4) is 0 Å². The number of hydrogen-bond donors (Lipinski definition) is 3. The molecule has 0 atom stereocenters. The van der Waals surface area contributed by atoms with Crippen molar-refractivity contribution in [1.82, 2.24) is 15.3 Å². The van der Waals surface area contributed by atoms with E-state index in [1.807, 2.05) is 29.6 Å². The molecule has 0 radical (unpaired) electrons. The molecule has 174 valence electrons. The first kappa shape index (κ1) is 23.5. The van der Waals surface area contributed by atoms with Gasteiger partial charge in [-0.15, -0.1) is 0 Å². The van der Waals surface area contributed by atoms with Gasteiger partial charge >= 0.3 is 0 Å². The van der Waals surface area contributed by atoms with E-state index in [0.717, 1.165) is 18.1 Å². The van der Waals surface area contributed by atoms with Gasteiger partial charge in [-0.25, -0.2) is 13.8 Å². The number of carbonyl (C=O) groups is 1. The van der Waals surface area contributed by atoms with E-state index in [4.69, 9.17) is 23.8 Å². The van der Waals surface area contributed by atoms with E-state index in [-0.39, 0.29) is 10.7 Å². The lowest BCUT2D eigenvalue weighted by Crippen LogP contribution is -2.35. The van der Waals surface area contributed by atoms with Crippen molar-refractivity contribution < 1.29 is 27.1 Å². The number of benzene rings is 3. The van der Waals surface area contributed by atoms with Crippen LogP contribution >= 0.6 is 23.8 Å². The molecule has 0 spiro atoms. The van der Waals surface area contributed by atoms with Crippen molar-refractivity contribution in [2.75, 3.05) is 12.4 Å². The van der Waals surface area contributed by atoms with Gasteiger partial charge in [-0.1, -0.05) is 23.7 Å². The number of fused-ring (bicyclic) bond motifs is 1. The first-order chi connectivity index (χ1) is 16.2. The molecule has 34 heavy (non-hydrogen) atoms. The van der Waals surface area contributed by atoms with Crippen molar-refractivity contribution in [3.63, 3.8) is 0 Å². The van der Waals surface area contributed by atoms with Crippen LogP contribution in [0.2, 0.25) is 5.02 Å². The fraction of sp³-hybridized carbons (Fsp3) is 0.0455. The number of aromatic amines is 1. The molecule has 0 saturated heterocycles. The normalized spacial score (nSPS) is 10.9. The molecule has 12 heteroatoms. The molecule has 0 unspecified atom stereocenters. The summed E-state index contributed by atoms with van der Waals surface area (Å²) in [6, 6.07) is 12.2. The molecule has 0 aliphatic rings. The maximum atomic E-state index is 14.2. The van der Waals surface area contributed by atoms with E-state index in [9.17, 15) is 22.4 Å². The fourth-order valence-electron chi connectivity index (χ4n) is 3.17. The maximum absolute atomic E-state index is 14.2. The third-order valence-corrected chi connectivity index (χ3v) is 5.29. The Kier molecular flexibility index (Phi) is 6.40. The Labute approximate surface area is 199 Å². The number of anilines is 1. The Balaban J connectivity index is 1.57. The fourth-order valence-corrected chi connectivity index (χ4v) is 3.53. The highest BCUT2D eigenvalue weighted by Gasteiger charge is 2.30. The second-order valence-corrected chi connectivity index (χ2v) is 7.69. The first-order valence-electron chi connectivity index (χ1n) is 9.48. The molecular weight excluding hydrogens is 496 g/mol. The first-order valence-corrected chi connectivity index (χ1v) is 10.3. The van der Waals surface area contributed by atoms with Crippen LogP contribution in [0.5, 0.6) is 5.75 Å². The number of para-hydroxylation sites is 2. The average Bonchev–Trinajstić information content (AvgIpc) is 3.24. The number of rotatable bonds is 4. The number of halogens is 5. The molecule has 0 bridgehead atoms. The molecule has 3 N–H and O–H groups in total. The number of ether oxygens (including phenoxy) is 1. The summed E-state index contributed by atoms with van der Waals surface area (Å²) in [6.45, 7) is 0. The van der Waals surface area contributed by atoms with Crippen LogP contribution in [0, 0.1) is 23.3 Å².